The smallest absolute Gasteiger partial charge is 0.0573 e. The third-order valence-corrected chi connectivity index (χ3v) is 1.76. The Kier molecular flexibility index (Phi) is 1.33. The SMILES string of the molecule is CC1OCC[C@H]1C. The van der Waals surface area contributed by atoms with E-state index >= 15 is 0 Å². The van der Waals surface area contributed by atoms with Crippen LogP contribution in [0.2, 0.25) is 0 Å². The summed E-state index contributed by atoms with van der Waals surface area (Å²) in [5.74, 6) is 0.792. The summed E-state index contributed by atoms with van der Waals surface area (Å²) in [4.78, 5) is 0. The van der Waals surface area contributed by atoms with Crippen molar-refractivity contribution in [2.45, 2.75) is 26.4 Å². The highest BCUT2D eigenvalue weighted by Crippen LogP contribution is 2.18. The lowest BCUT2D eigenvalue weighted by Crippen LogP contribution is -2.05. The zero-order chi connectivity index (χ0) is 5.28. The van der Waals surface area contributed by atoms with Gasteiger partial charge in [0.1, 0.15) is 0 Å². The van der Waals surface area contributed by atoms with Gasteiger partial charge in [-0.2, -0.15) is 0 Å². The molecule has 7 heavy (non-hydrogen) atoms. The highest BCUT2D eigenvalue weighted by molar-refractivity contribution is 4.66. The Hall–Kier alpha value is -0.0400. The molecule has 0 aromatic heterocycles. The molecule has 1 nitrogen and oxygen atoms in total. The van der Waals surface area contributed by atoms with Crippen LogP contribution < -0.4 is 0 Å². The summed E-state index contributed by atoms with van der Waals surface area (Å²) >= 11 is 0. The van der Waals surface area contributed by atoms with E-state index in [0.29, 0.717) is 6.10 Å². The molecule has 1 saturated heterocycles. The molecule has 0 aromatic carbocycles. The fourth-order valence-electron chi connectivity index (χ4n) is 0.839. The molecule has 1 heterocycles. The molecule has 0 spiro atoms. The number of hydrogen-bond acceptors (Lipinski definition) is 1. The first-order chi connectivity index (χ1) is 3.30. The van der Waals surface area contributed by atoms with E-state index in [9.17, 15) is 0 Å². The van der Waals surface area contributed by atoms with Gasteiger partial charge in [-0.1, -0.05) is 6.92 Å². The van der Waals surface area contributed by atoms with E-state index in [1.807, 2.05) is 0 Å². The van der Waals surface area contributed by atoms with Gasteiger partial charge in [0, 0.05) is 6.61 Å². The molecule has 42 valence electrons. The lowest BCUT2D eigenvalue weighted by Gasteiger charge is -2.04. The standard InChI is InChI=1S/C6H12O/c1-5-3-4-7-6(5)2/h5-6H,3-4H2,1-2H3/t5-,6?/m1/s1. The highest BCUT2D eigenvalue weighted by Gasteiger charge is 2.18. The molecule has 1 fully saturated rings. The second-order valence-electron chi connectivity index (χ2n) is 2.34. The first-order valence-electron chi connectivity index (χ1n) is 2.92. The Labute approximate surface area is 44.7 Å². The second-order valence-corrected chi connectivity index (χ2v) is 2.34. The maximum atomic E-state index is 5.27. The molecular weight excluding hydrogens is 88.1 g/mol. The van der Waals surface area contributed by atoms with Gasteiger partial charge < -0.3 is 4.74 Å². The zero-order valence-corrected chi connectivity index (χ0v) is 4.98. The van der Waals surface area contributed by atoms with Gasteiger partial charge in [0.25, 0.3) is 0 Å². The molecule has 1 rings (SSSR count). The summed E-state index contributed by atoms with van der Waals surface area (Å²) < 4.78 is 5.27. The first-order valence-corrected chi connectivity index (χ1v) is 2.92. The van der Waals surface area contributed by atoms with Crippen molar-refractivity contribution in [3.05, 3.63) is 0 Å². The topological polar surface area (TPSA) is 9.23 Å². The molecule has 0 radical (unpaired) electrons. The Morgan fingerprint density at radius 2 is 2.14 bits per heavy atom. The average Bonchev–Trinajstić information content (AvgIpc) is 1.91. The fourth-order valence-corrected chi connectivity index (χ4v) is 0.839. The lowest BCUT2D eigenvalue weighted by atomic mass is 10.1. The van der Waals surface area contributed by atoms with Gasteiger partial charge >= 0.3 is 0 Å². The van der Waals surface area contributed by atoms with Crippen molar-refractivity contribution < 1.29 is 4.74 Å². The van der Waals surface area contributed by atoms with Crippen LogP contribution in [0.5, 0.6) is 0 Å². The second kappa shape index (κ2) is 1.83. The molecule has 1 heteroatoms. The van der Waals surface area contributed by atoms with Crippen molar-refractivity contribution in [2.75, 3.05) is 6.61 Å². The Bertz CT molecular complexity index is 53.2. The summed E-state index contributed by atoms with van der Waals surface area (Å²) in [6.07, 6.45) is 1.77. The Morgan fingerprint density at radius 3 is 2.29 bits per heavy atom. The first kappa shape index (κ1) is 5.10. The molecule has 0 aromatic rings. The highest BCUT2D eigenvalue weighted by atomic mass is 16.5. The predicted octanol–water partition coefficient (Wildman–Crippen LogP) is 1.43. The van der Waals surface area contributed by atoms with Crippen LogP contribution in [-0.2, 0) is 4.74 Å². The van der Waals surface area contributed by atoms with Crippen LogP contribution >= 0.6 is 0 Å². The molecule has 0 N–H and O–H groups in total. The van der Waals surface area contributed by atoms with Crippen LogP contribution in [0.15, 0.2) is 0 Å². The van der Waals surface area contributed by atoms with Crippen molar-refractivity contribution >= 4 is 0 Å². The largest absolute Gasteiger partial charge is 0.378 e. The van der Waals surface area contributed by atoms with Gasteiger partial charge in [-0.25, -0.2) is 0 Å². The number of ether oxygens (including phenoxy) is 1. The molecule has 1 aliphatic rings. The van der Waals surface area contributed by atoms with Crippen molar-refractivity contribution in [2.24, 2.45) is 5.92 Å². The van der Waals surface area contributed by atoms with E-state index in [1.54, 1.807) is 0 Å². The zero-order valence-electron chi connectivity index (χ0n) is 4.98. The summed E-state index contributed by atoms with van der Waals surface area (Å²) in [6.45, 7) is 5.34. The van der Waals surface area contributed by atoms with E-state index in [-0.39, 0.29) is 0 Å². The number of hydrogen-bond donors (Lipinski definition) is 0. The maximum absolute atomic E-state index is 5.27. The minimum absolute atomic E-state index is 0.514. The van der Waals surface area contributed by atoms with Crippen molar-refractivity contribution in [3.63, 3.8) is 0 Å². The number of rotatable bonds is 0. The molecule has 2 atom stereocenters. The molecule has 0 bridgehead atoms. The quantitative estimate of drug-likeness (QED) is 0.447. The molecule has 1 unspecified atom stereocenters. The maximum Gasteiger partial charge on any atom is 0.0573 e. The van der Waals surface area contributed by atoms with E-state index < -0.39 is 0 Å². The van der Waals surface area contributed by atoms with Gasteiger partial charge in [-0.3, -0.25) is 0 Å². The summed E-state index contributed by atoms with van der Waals surface area (Å²) in [5.41, 5.74) is 0. The minimum atomic E-state index is 0.514. The van der Waals surface area contributed by atoms with Gasteiger partial charge in [0.15, 0.2) is 0 Å². The molecular formula is C6H12O. The van der Waals surface area contributed by atoms with Crippen LogP contribution in [0.3, 0.4) is 0 Å². The van der Waals surface area contributed by atoms with Crippen LogP contribution in [0.1, 0.15) is 20.3 Å². The van der Waals surface area contributed by atoms with Crippen molar-refractivity contribution in [3.8, 4) is 0 Å². The molecule has 1 aliphatic heterocycles. The van der Waals surface area contributed by atoms with Gasteiger partial charge in [0.2, 0.25) is 0 Å². The lowest BCUT2D eigenvalue weighted by molar-refractivity contribution is 0.109. The molecule has 0 aliphatic carbocycles. The van der Waals surface area contributed by atoms with Gasteiger partial charge in [-0.15, -0.1) is 0 Å². The average molecular weight is 100 g/mol. The van der Waals surface area contributed by atoms with Crippen LogP contribution in [0, 0.1) is 5.92 Å². The fraction of sp³-hybridized carbons (Fsp3) is 1.00. The van der Waals surface area contributed by atoms with E-state index in [4.69, 9.17) is 4.74 Å². The van der Waals surface area contributed by atoms with E-state index in [1.165, 1.54) is 6.42 Å². The molecule has 0 saturated carbocycles. The summed E-state index contributed by atoms with van der Waals surface area (Å²) in [5, 5.41) is 0. The summed E-state index contributed by atoms with van der Waals surface area (Å²) in [6, 6.07) is 0. The molecule has 0 amide bonds. The van der Waals surface area contributed by atoms with E-state index in [2.05, 4.69) is 13.8 Å². The minimum Gasteiger partial charge on any atom is -0.378 e. The Morgan fingerprint density at radius 1 is 1.43 bits per heavy atom. The predicted molar refractivity (Wildman–Crippen MR) is 29.2 cm³/mol. The van der Waals surface area contributed by atoms with Crippen LogP contribution in [0.4, 0.5) is 0 Å². The van der Waals surface area contributed by atoms with Crippen LogP contribution in [0.25, 0.3) is 0 Å². The summed E-state index contributed by atoms with van der Waals surface area (Å²) in [7, 11) is 0. The van der Waals surface area contributed by atoms with Crippen molar-refractivity contribution in [1.29, 1.82) is 0 Å². The Balaban J connectivity index is 2.33. The van der Waals surface area contributed by atoms with Gasteiger partial charge in [0.05, 0.1) is 6.10 Å². The van der Waals surface area contributed by atoms with E-state index in [0.717, 1.165) is 12.5 Å². The van der Waals surface area contributed by atoms with Gasteiger partial charge in [-0.05, 0) is 19.3 Å². The third-order valence-electron chi connectivity index (χ3n) is 1.76. The third kappa shape index (κ3) is 0.942. The van der Waals surface area contributed by atoms with Crippen LogP contribution in [-0.4, -0.2) is 12.7 Å². The monoisotopic (exact) mass is 100 g/mol. The normalized spacial score (nSPS) is 42.0. The van der Waals surface area contributed by atoms with Crippen molar-refractivity contribution in [1.82, 2.24) is 0 Å².